The highest BCUT2D eigenvalue weighted by Crippen LogP contribution is 2.39. The summed E-state index contributed by atoms with van der Waals surface area (Å²) in [6, 6.07) is 11.3. The largest absolute Gasteiger partial charge is 0.493 e. The summed E-state index contributed by atoms with van der Waals surface area (Å²) in [4.78, 5) is 12.8. The monoisotopic (exact) mass is 444 g/mol. The second kappa shape index (κ2) is 12.3. The zero-order valence-electron chi connectivity index (χ0n) is 20.4. The minimum atomic E-state index is -0.434. The van der Waals surface area contributed by atoms with Crippen molar-refractivity contribution in [2.24, 2.45) is 0 Å². The van der Waals surface area contributed by atoms with Gasteiger partial charge in [0.15, 0.2) is 11.5 Å². The molecule has 0 saturated heterocycles. The molecule has 0 bridgehead atoms. The van der Waals surface area contributed by atoms with Crippen LogP contribution >= 0.6 is 0 Å². The van der Waals surface area contributed by atoms with Gasteiger partial charge in [0, 0.05) is 5.56 Å². The Morgan fingerprint density at radius 3 is 2.09 bits per heavy atom. The van der Waals surface area contributed by atoms with Crippen LogP contribution in [-0.2, 0) is 17.9 Å². The predicted octanol–water partition coefficient (Wildman–Crippen LogP) is 5.23. The van der Waals surface area contributed by atoms with E-state index in [1.54, 1.807) is 26.4 Å². The molecule has 0 unspecified atom stereocenters. The van der Waals surface area contributed by atoms with Gasteiger partial charge in [-0.2, -0.15) is 0 Å². The lowest BCUT2D eigenvalue weighted by atomic mass is 10.1. The Balaban J connectivity index is 2.12. The summed E-state index contributed by atoms with van der Waals surface area (Å²) in [5.41, 5.74) is 2.52. The quantitative estimate of drug-likeness (QED) is 0.241. The Morgan fingerprint density at radius 1 is 0.906 bits per heavy atom. The molecule has 0 atom stereocenters. The number of unbranched alkanes of at least 4 members (excludes halogenated alkanes) is 3. The molecule has 0 aromatic heterocycles. The Labute approximate surface area is 192 Å². The highest BCUT2D eigenvalue weighted by Gasteiger charge is 2.19. The average Bonchev–Trinajstić information content (AvgIpc) is 2.76. The van der Waals surface area contributed by atoms with Gasteiger partial charge < -0.3 is 23.4 Å². The lowest BCUT2D eigenvalue weighted by Crippen LogP contribution is -2.33. The first-order valence-electron chi connectivity index (χ1n) is 11.2. The van der Waals surface area contributed by atoms with Gasteiger partial charge in [0.1, 0.15) is 13.2 Å². The summed E-state index contributed by atoms with van der Waals surface area (Å²) >= 11 is 0. The molecule has 0 heterocycles. The third-order valence-corrected chi connectivity index (χ3v) is 5.06. The average molecular weight is 445 g/mol. The third-order valence-electron chi connectivity index (χ3n) is 5.06. The lowest BCUT2D eigenvalue weighted by Gasteiger charge is -2.25. The zero-order valence-corrected chi connectivity index (χ0v) is 20.4. The van der Waals surface area contributed by atoms with Gasteiger partial charge in [0.2, 0.25) is 5.75 Å². The van der Waals surface area contributed by atoms with Crippen molar-refractivity contribution in [3.63, 3.8) is 0 Å². The molecule has 0 fully saturated rings. The van der Waals surface area contributed by atoms with Crippen LogP contribution in [0.5, 0.6) is 17.2 Å². The first kappa shape index (κ1) is 25.5. The van der Waals surface area contributed by atoms with Crippen molar-refractivity contribution in [2.75, 3.05) is 42.0 Å². The lowest BCUT2D eigenvalue weighted by molar-refractivity contribution is -0.884. The van der Waals surface area contributed by atoms with Gasteiger partial charge in [-0.05, 0) is 24.1 Å². The molecule has 0 aliphatic heterocycles. The van der Waals surface area contributed by atoms with Crippen molar-refractivity contribution in [2.45, 2.75) is 45.8 Å². The molecule has 0 saturated carbocycles. The van der Waals surface area contributed by atoms with E-state index >= 15 is 0 Å². The summed E-state index contributed by atoms with van der Waals surface area (Å²) < 4.78 is 23.3. The van der Waals surface area contributed by atoms with E-state index in [-0.39, 0.29) is 6.61 Å². The molecule has 0 radical (unpaired) electrons. The topological polar surface area (TPSA) is 54.0 Å². The van der Waals surface area contributed by atoms with Crippen LogP contribution in [0, 0.1) is 0 Å². The van der Waals surface area contributed by atoms with Gasteiger partial charge >= 0.3 is 5.97 Å². The summed E-state index contributed by atoms with van der Waals surface area (Å²) in [7, 11) is 9.50. The van der Waals surface area contributed by atoms with Crippen LogP contribution in [0.25, 0.3) is 0 Å². The fraction of sp³-hybridized carbons (Fsp3) is 0.500. The van der Waals surface area contributed by atoms with Crippen molar-refractivity contribution in [1.82, 2.24) is 0 Å². The van der Waals surface area contributed by atoms with Gasteiger partial charge in [-0.15, -0.1) is 0 Å². The van der Waals surface area contributed by atoms with Crippen molar-refractivity contribution in [3.8, 4) is 17.2 Å². The normalized spacial score (nSPS) is 11.2. The standard InChI is InChI=1S/C26H38NO5/c1-7-8-9-12-15-31-25-23(29-5)16-22(17-24(25)30-6)26(28)32-19-21-14-11-10-13-20(21)18-27(2,3)4/h10-11,13-14,16-17H,7-9,12,15,18-19H2,1-6H3/q+1. The smallest absolute Gasteiger partial charge is 0.338 e. The molecule has 6 nitrogen and oxygen atoms in total. The minimum absolute atomic E-state index is 0.204. The predicted molar refractivity (Wildman–Crippen MR) is 126 cm³/mol. The van der Waals surface area contributed by atoms with Crippen molar-refractivity contribution in [1.29, 1.82) is 0 Å². The number of hydrogen-bond acceptors (Lipinski definition) is 5. The Bertz CT molecular complexity index is 848. The Hall–Kier alpha value is -2.73. The van der Waals surface area contributed by atoms with E-state index in [9.17, 15) is 4.79 Å². The van der Waals surface area contributed by atoms with Gasteiger partial charge in [0.05, 0.1) is 47.5 Å². The molecular weight excluding hydrogens is 406 g/mol. The van der Waals surface area contributed by atoms with Gasteiger partial charge in [-0.3, -0.25) is 0 Å². The van der Waals surface area contributed by atoms with Crippen molar-refractivity contribution >= 4 is 5.97 Å². The maximum absolute atomic E-state index is 12.8. The molecule has 2 aromatic rings. The molecule has 0 spiro atoms. The second-order valence-electron chi connectivity index (χ2n) is 8.91. The van der Waals surface area contributed by atoms with Crippen LogP contribution < -0.4 is 14.2 Å². The van der Waals surface area contributed by atoms with Crippen LogP contribution in [0.15, 0.2) is 36.4 Å². The fourth-order valence-electron chi connectivity index (χ4n) is 3.43. The minimum Gasteiger partial charge on any atom is -0.493 e. The van der Waals surface area contributed by atoms with Gasteiger partial charge in [0.25, 0.3) is 0 Å². The van der Waals surface area contributed by atoms with Crippen LogP contribution in [0.3, 0.4) is 0 Å². The SMILES string of the molecule is CCCCCCOc1c(OC)cc(C(=O)OCc2ccccc2C[N+](C)(C)C)cc1OC. The molecule has 2 rings (SSSR count). The van der Waals surface area contributed by atoms with Crippen LogP contribution in [-0.4, -0.2) is 52.4 Å². The van der Waals surface area contributed by atoms with Crippen molar-refractivity contribution < 1.29 is 28.2 Å². The molecule has 0 aliphatic rings. The summed E-state index contributed by atoms with van der Waals surface area (Å²) in [6.45, 7) is 3.79. The molecule has 32 heavy (non-hydrogen) atoms. The Morgan fingerprint density at radius 2 is 1.53 bits per heavy atom. The molecule has 6 heteroatoms. The number of carbonyl (C=O) groups excluding carboxylic acids is 1. The number of quaternary nitrogens is 1. The number of carbonyl (C=O) groups is 1. The Kier molecular flexibility index (Phi) is 9.85. The number of methoxy groups -OCH3 is 2. The van der Waals surface area contributed by atoms with E-state index in [1.165, 1.54) is 12.8 Å². The molecule has 176 valence electrons. The van der Waals surface area contributed by atoms with E-state index < -0.39 is 5.97 Å². The fourth-order valence-corrected chi connectivity index (χ4v) is 3.43. The molecule has 2 aromatic carbocycles. The van der Waals surface area contributed by atoms with Crippen LogP contribution in [0.1, 0.15) is 54.1 Å². The molecule has 0 aliphatic carbocycles. The highest BCUT2D eigenvalue weighted by molar-refractivity contribution is 5.91. The number of benzene rings is 2. The maximum atomic E-state index is 12.8. The van der Waals surface area contributed by atoms with E-state index in [1.807, 2.05) is 18.2 Å². The first-order chi connectivity index (χ1) is 15.3. The molecule has 0 amide bonds. The summed E-state index contributed by atoms with van der Waals surface area (Å²) in [5.74, 6) is 0.988. The van der Waals surface area contributed by atoms with E-state index in [2.05, 4.69) is 34.1 Å². The zero-order chi connectivity index (χ0) is 23.6. The van der Waals surface area contributed by atoms with Crippen molar-refractivity contribution in [3.05, 3.63) is 53.1 Å². The first-order valence-corrected chi connectivity index (χ1v) is 11.2. The van der Waals surface area contributed by atoms with Crippen LogP contribution in [0.4, 0.5) is 0 Å². The summed E-state index contributed by atoms with van der Waals surface area (Å²) in [5, 5.41) is 0. The number of hydrogen-bond donors (Lipinski definition) is 0. The number of esters is 1. The van der Waals surface area contributed by atoms with E-state index in [0.717, 1.165) is 35.0 Å². The number of rotatable bonds is 13. The van der Waals surface area contributed by atoms with Crippen LogP contribution in [0.2, 0.25) is 0 Å². The van der Waals surface area contributed by atoms with Gasteiger partial charge in [-0.25, -0.2) is 4.79 Å². The number of nitrogens with zero attached hydrogens (tertiary/aromatic N) is 1. The number of ether oxygens (including phenoxy) is 4. The maximum Gasteiger partial charge on any atom is 0.338 e. The second-order valence-corrected chi connectivity index (χ2v) is 8.91. The highest BCUT2D eigenvalue weighted by atomic mass is 16.5. The molecular formula is C26H38NO5+. The summed E-state index contributed by atoms with van der Waals surface area (Å²) in [6.07, 6.45) is 4.42. The van der Waals surface area contributed by atoms with E-state index in [0.29, 0.717) is 29.4 Å². The van der Waals surface area contributed by atoms with Gasteiger partial charge in [-0.1, -0.05) is 50.5 Å². The molecule has 0 N–H and O–H groups in total. The third kappa shape index (κ3) is 7.75. The van der Waals surface area contributed by atoms with E-state index in [4.69, 9.17) is 18.9 Å².